The van der Waals surface area contributed by atoms with Gasteiger partial charge in [-0.25, -0.2) is 4.90 Å². The molecule has 2 aliphatic rings. The molecule has 1 aliphatic heterocycles. The van der Waals surface area contributed by atoms with Crippen LogP contribution in [0.5, 0.6) is 5.75 Å². The number of hydrogen-bond acceptors (Lipinski definition) is 3. The molecule has 2 amide bonds. The van der Waals surface area contributed by atoms with Gasteiger partial charge in [0.25, 0.3) is 0 Å². The summed E-state index contributed by atoms with van der Waals surface area (Å²) >= 11 is 12.9. The van der Waals surface area contributed by atoms with Crippen LogP contribution in [-0.2, 0) is 9.59 Å². The highest BCUT2D eigenvalue weighted by Gasteiger charge is 2.52. The van der Waals surface area contributed by atoms with Crippen molar-refractivity contribution in [3.8, 4) is 5.75 Å². The second-order valence-corrected chi connectivity index (χ2v) is 8.15. The Morgan fingerprint density at radius 1 is 1.10 bits per heavy atom. The first-order valence-corrected chi connectivity index (χ1v) is 8.75. The van der Waals surface area contributed by atoms with Gasteiger partial charge in [-0.3, -0.25) is 9.59 Å². The number of aromatic hydroxyl groups is 1. The average molecular weight is 438 g/mol. The predicted molar refractivity (Wildman–Crippen MR) is 87.3 cm³/mol. The molecule has 0 spiro atoms. The smallest absolute Gasteiger partial charge is 0.237 e. The number of carbonyl (C=O) groups is 2. The molecule has 0 aromatic heterocycles. The Balaban J connectivity index is 1.97. The van der Waals surface area contributed by atoms with Crippen LogP contribution in [0.2, 0.25) is 5.02 Å². The number of benzene rings is 1. The van der Waals surface area contributed by atoms with E-state index in [1.54, 1.807) is 6.07 Å². The number of phenols is 1. The number of carbonyl (C=O) groups excluding carboxylic acids is 2. The van der Waals surface area contributed by atoms with Crippen molar-refractivity contribution in [1.29, 1.82) is 0 Å². The van der Waals surface area contributed by atoms with Crippen LogP contribution in [0, 0.1) is 11.8 Å². The summed E-state index contributed by atoms with van der Waals surface area (Å²) in [6.45, 7) is 0. The van der Waals surface area contributed by atoms with E-state index >= 15 is 0 Å². The number of phenolic OH excluding ortho intramolecular Hbond substituents is 1. The van der Waals surface area contributed by atoms with Crippen molar-refractivity contribution < 1.29 is 14.7 Å². The van der Waals surface area contributed by atoms with Crippen molar-refractivity contribution in [2.45, 2.75) is 22.5 Å². The fraction of sp³-hybridized carbons (Fsp3) is 0.429. The van der Waals surface area contributed by atoms with E-state index < -0.39 is 0 Å². The number of anilines is 1. The Morgan fingerprint density at radius 3 is 2.10 bits per heavy atom. The SMILES string of the molecule is O=C1[C@@H]2C[C@H](Br)[C@@H](Br)C[C@H]2C(=O)N1c1ccc(Cl)cc1O. The third kappa shape index (κ3) is 2.51. The lowest BCUT2D eigenvalue weighted by Crippen LogP contribution is -2.34. The molecule has 1 aromatic rings. The highest BCUT2D eigenvalue weighted by molar-refractivity contribution is 9.12. The standard InChI is InChI=1S/C14H12Br2ClNO3/c15-9-4-7-8(5-10(9)16)14(21)18(13(7)20)11-2-1-6(17)3-12(11)19/h1-3,7-10,19H,4-5H2/t7-,8-,9+,10+/m1/s1. The van der Waals surface area contributed by atoms with Crippen LogP contribution in [0.1, 0.15) is 12.8 Å². The van der Waals surface area contributed by atoms with Crippen LogP contribution in [0.25, 0.3) is 0 Å². The van der Waals surface area contributed by atoms with E-state index in [0.29, 0.717) is 17.9 Å². The van der Waals surface area contributed by atoms with Crippen LogP contribution in [0.4, 0.5) is 5.69 Å². The topological polar surface area (TPSA) is 57.6 Å². The van der Waals surface area contributed by atoms with E-state index in [0.717, 1.165) is 4.90 Å². The Hall–Kier alpha value is -0.590. The number of amides is 2. The fourth-order valence-corrected chi connectivity index (χ4v) is 4.42. The molecule has 0 unspecified atom stereocenters. The minimum atomic E-state index is -0.328. The third-order valence-electron chi connectivity index (χ3n) is 4.09. The van der Waals surface area contributed by atoms with Crippen LogP contribution in [-0.4, -0.2) is 26.6 Å². The summed E-state index contributed by atoms with van der Waals surface area (Å²) in [6, 6.07) is 4.39. The zero-order valence-corrected chi connectivity index (χ0v) is 14.7. The van der Waals surface area contributed by atoms with Gasteiger partial charge < -0.3 is 5.11 Å². The highest BCUT2D eigenvalue weighted by Crippen LogP contribution is 2.45. The largest absolute Gasteiger partial charge is 0.506 e. The first-order chi connectivity index (χ1) is 9.90. The van der Waals surface area contributed by atoms with E-state index in [2.05, 4.69) is 31.9 Å². The molecule has 4 atom stereocenters. The third-order valence-corrected chi connectivity index (χ3v) is 7.06. The molecule has 1 N–H and O–H groups in total. The minimum Gasteiger partial charge on any atom is -0.506 e. The van der Waals surface area contributed by atoms with E-state index in [-0.39, 0.29) is 44.7 Å². The van der Waals surface area contributed by atoms with Crippen LogP contribution in [0.15, 0.2) is 18.2 Å². The van der Waals surface area contributed by atoms with Crippen molar-refractivity contribution in [1.82, 2.24) is 0 Å². The molecule has 1 saturated carbocycles. The molecule has 7 heteroatoms. The van der Waals surface area contributed by atoms with Crippen LogP contribution in [0.3, 0.4) is 0 Å². The summed E-state index contributed by atoms with van der Waals surface area (Å²) in [5.74, 6) is -1.30. The summed E-state index contributed by atoms with van der Waals surface area (Å²) in [5, 5.41) is 10.3. The number of rotatable bonds is 1. The van der Waals surface area contributed by atoms with Gasteiger partial charge in [0.1, 0.15) is 5.75 Å². The predicted octanol–water partition coefficient (Wildman–Crippen LogP) is 3.47. The molecule has 1 aliphatic carbocycles. The molecular weight excluding hydrogens is 425 g/mol. The van der Waals surface area contributed by atoms with E-state index in [1.807, 2.05) is 0 Å². The number of fused-ring (bicyclic) bond motifs is 1. The lowest BCUT2D eigenvalue weighted by molar-refractivity contribution is -0.122. The van der Waals surface area contributed by atoms with E-state index in [4.69, 9.17) is 11.6 Å². The van der Waals surface area contributed by atoms with Crippen LogP contribution >= 0.6 is 43.5 Å². The average Bonchev–Trinajstić information content (AvgIpc) is 2.64. The van der Waals surface area contributed by atoms with Crippen molar-refractivity contribution in [2.75, 3.05) is 4.90 Å². The molecule has 1 saturated heterocycles. The van der Waals surface area contributed by atoms with Gasteiger partial charge in [0.2, 0.25) is 11.8 Å². The molecule has 0 radical (unpaired) electrons. The van der Waals surface area contributed by atoms with Crippen molar-refractivity contribution in [3.63, 3.8) is 0 Å². The number of alkyl halides is 2. The molecule has 21 heavy (non-hydrogen) atoms. The van der Waals surface area contributed by atoms with Gasteiger partial charge in [0, 0.05) is 20.7 Å². The maximum Gasteiger partial charge on any atom is 0.237 e. The Kier molecular flexibility index (Phi) is 4.05. The van der Waals surface area contributed by atoms with Gasteiger partial charge >= 0.3 is 0 Å². The van der Waals surface area contributed by atoms with Gasteiger partial charge in [-0.1, -0.05) is 43.5 Å². The molecular formula is C14H12Br2ClNO3. The Morgan fingerprint density at radius 2 is 1.62 bits per heavy atom. The molecule has 4 nitrogen and oxygen atoms in total. The summed E-state index contributed by atoms with van der Waals surface area (Å²) in [6.07, 6.45) is 1.21. The second-order valence-electron chi connectivity index (χ2n) is 5.36. The van der Waals surface area contributed by atoms with Gasteiger partial charge in [-0.15, -0.1) is 0 Å². The Labute approximate surface area is 143 Å². The van der Waals surface area contributed by atoms with Crippen molar-refractivity contribution in [3.05, 3.63) is 23.2 Å². The fourth-order valence-electron chi connectivity index (χ4n) is 3.02. The number of halogens is 3. The first kappa shape index (κ1) is 15.3. The monoisotopic (exact) mass is 435 g/mol. The molecule has 112 valence electrons. The van der Waals surface area contributed by atoms with E-state index in [1.165, 1.54) is 12.1 Å². The lowest BCUT2D eigenvalue weighted by Gasteiger charge is -2.29. The summed E-state index contributed by atoms with van der Waals surface area (Å²) in [7, 11) is 0. The maximum atomic E-state index is 12.6. The van der Waals surface area contributed by atoms with E-state index in [9.17, 15) is 14.7 Å². The first-order valence-electron chi connectivity index (χ1n) is 6.54. The molecule has 2 fully saturated rings. The van der Waals surface area contributed by atoms with Gasteiger partial charge in [-0.05, 0) is 25.0 Å². The quantitative estimate of drug-likeness (QED) is 0.541. The molecule has 0 bridgehead atoms. The zero-order valence-electron chi connectivity index (χ0n) is 10.8. The summed E-state index contributed by atoms with van der Waals surface area (Å²) in [5.41, 5.74) is 0.209. The summed E-state index contributed by atoms with van der Waals surface area (Å²) < 4.78 is 0. The maximum absolute atomic E-state index is 12.6. The second kappa shape index (κ2) is 5.56. The zero-order chi connectivity index (χ0) is 15.3. The molecule has 1 heterocycles. The van der Waals surface area contributed by atoms with Gasteiger partial charge in [0.05, 0.1) is 17.5 Å². The van der Waals surface area contributed by atoms with Crippen molar-refractivity contribution >= 4 is 61.0 Å². The number of hydrogen-bond donors (Lipinski definition) is 1. The van der Waals surface area contributed by atoms with Gasteiger partial charge in [-0.2, -0.15) is 0 Å². The molecule has 3 rings (SSSR count). The lowest BCUT2D eigenvalue weighted by atomic mass is 9.81. The van der Waals surface area contributed by atoms with Crippen molar-refractivity contribution in [2.24, 2.45) is 11.8 Å². The van der Waals surface area contributed by atoms with Gasteiger partial charge in [0.15, 0.2) is 0 Å². The highest BCUT2D eigenvalue weighted by atomic mass is 79.9. The Bertz CT molecular complexity index is 596. The molecule has 1 aromatic carbocycles. The summed E-state index contributed by atoms with van der Waals surface area (Å²) in [4.78, 5) is 26.6. The number of nitrogens with zero attached hydrogens (tertiary/aromatic N) is 1. The normalized spacial score (nSPS) is 32.4. The minimum absolute atomic E-state index is 0.159. The number of imide groups is 1. The van der Waals surface area contributed by atoms with Crippen LogP contribution < -0.4 is 4.90 Å².